The minimum atomic E-state index is -0.239. The Morgan fingerprint density at radius 2 is 1.85 bits per heavy atom. The van der Waals surface area contributed by atoms with Gasteiger partial charge in [-0.2, -0.15) is 0 Å². The highest BCUT2D eigenvalue weighted by Gasteiger charge is 2.31. The van der Waals surface area contributed by atoms with Crippen molar-refractivity contribution in [2.45, 2.75) is 38.8 Å². The van der Waals surface area contributed by atoms with E-state index < -0.39 is 0 Å². The Hall–Kier alpha value is -2.57. The maximum atomic E-state index is 12.0. The Kier molecular flexibility index (Phi) is 6.09. The van der Waals surface area contributed by atoms with Gasteiger partial charge in [0.2, 0.25) is 0 Å². The Morgan fingerprint density at radius 1 is 1.15 bits per heavy atom. The number of carbonyl (C=O) groups excluding carboxylic acids is 1. The van der Waals surface area contributed by atoms with Gasteiger partial charge in [-0.25, -0.2) is 0 Å². The minimum absolute atomic E-state index is 0.114. The van der Waals surface area contributed by atoms with Gasteiger partial charge in [-0.15, -0.1) is 0 Å². The van der Waals surface area contributed by atoms with Gasteiger partial charge in [0, 0.05) is 12.1 Å². The maximum absolute atomic E-state index is 12.0. The maximum Gasteiger partial charge on any atom is 0.323 e. The second-order valence-corrected chi connectivity index (χ2v) is 6.54. The van der Waals surface area contributed by atoms with Crippen molar-refractivity contribution in [3.05, 3.63) is 60.2 Å². The van der Waals surface area contributed by atoms with Gasteiger partial charge < -0.3 is 4.74 Å². The summed E-state index contributed by atoms with van der Waals surface area (Å²) in [7, 11) is 0. The van der Waals surface area contributed by atoms with Gasteiger partial charge in [-0.05, 0) is 49.9 Å². The molecule has 0 bridgehead atoms. The molecule has 2 aromatic carbocycles. The number of hydrogen-bond donors (Lipinski definition) is 0. The van der Waals surface area contributed by atoms with Crippen molar-refractivity contribution in [1.82, 2.24) is 4.90 Å². The molecule has 3 heteroatoms. The van der Waals surface area contributed by atoms with Gasteiger partial charge in [0.15, 0.2) is 0 Å². The average molecular weight is 347 g/mol. The van der Waals surface area contributed by atoms with Crippen LogP contribution in [0.5, 0.6) is 0 Å². The van der Waals surface area contributed by atoms with Gasteiger partial charge in [-0.1, -0.05) is 54.3 Å². The number of hydrogen-bond acceptors (Lipinski definition) is 3. The lowest BCUT2D eigenvalue weighted by molar-refractivity contribution is -0.148. The van der Waals surface area contributed by atoms with Gasteiger partial charge in [0.05, 0.1) is 12.6 Å². The SMILES string of the molecule is CCOC(=O)C(C)N1CCCC1C#Cc1ccc(-c2ccccc2)cc1. The van der Waals surface area contributed by atoms with E-state index in [1.54, 1.807) is 0 Å². The number of rotatable bonds is 4. The van der Waals surface area contributed by atoms with Crippen LogP contribution in [0.1, 0.15) is 32.3 Å². The van der Waals surface area contributed by atoms with Crippen molar-refractivity contribution in [2.75, 3.05) is 13.2 Å². The lowest BCUT2D eigenvalue weighted by atomic mass is 10.0. The summed E-state index contributed by atoms with van der Waals surface area (Å²) in [6.45, 7) is 5.06. The number of carbonyl (C=O) groups is 1. The third-order valence-corrected chi connectivity index (χ3v) is 4.79. The molecule has 0 radical (unpaired) electrons. The Labute approximate surface area is 156 Å². The summed E-state index contributed by atoms with van der Waals surface area (Å²) >= 11 is 0. The van der Waals surface area contributed by atoms with E-state index in [1.807, 2.05) is 32.0 Å². The fourth-order valence-corrected chi connectivity index (χ4v) is 3.35. The van der Waals surface area contributed by atoms with Crippen molar-refractivity contribution in [3.8, 4) is 23.0 Å². The quantitative estimate of drug-likeness (QED) is 0.615. The van der Waals surface area contributed by atoms with Crippen LogP contribution in [0.4, 0.5) is 0 Å². The highest BCUT2D eigenvalue weighted by molar-refractivity contribution is 5.75. The molecule has 3 rings (SSSR count). The number of esters is 1. The third-order valence-electron chi connectivity index (χ3n) is 4.79. The summed E-state index contributed by atoms with van der Waals surface area (Å²) in [5.74, 6) is 6.47. The van der Waals surface area contributed by atoms with Crippen LogP contribution in [0.3, 0.4) is 0 Å². The standard InChI is InChI=1S/C23H25NO2/c1-3-26-23(25)18(2)24-17-7-10-22(24)16-13-19-11-14-21(15-12-19)20-8-5-4-6-9-20/h4-6,8-9,11-12,14-15,18,22H,3,7,10,17H2,1-2H3. The molecular formula is C23H25NO2. The van der Waals surface area contributed by atoms with Crippen LogP contribution in [-0.2, 0) is 9.53 Å². The van der Waals surface area contributed by atoms with E-state index in [0.717, 1.165) is 24.9 Å². The molecule has 3 nitrogen and oxygen atoms in total. The molecule has 1 aliphatic rings. The van der Waals surface area contributed by atoms with Crippen LogP contribution in [0, 0.1) is 11.8 Å². The smallest absolute Gasteiger partial charge is 0.323 e. The predicted octanol–water partition coefficient (Wildman–Crippen LogP) is 4.12. The normalized spacial score (nSPS) is 18.0. The summed E-state index contributed by atoms with van der Waals surface area (Å²) in [6, 6.07) is 18.5. The van der Waals surface area contributed by atoms with Crippen LogP contribution in [0.2, 0.25) is 0 Å². The number of ether oxygens (including phenoxy) is 1. The number of benzene rings is 2. The molecule has 134 valence electrons. The molecule has 1 saturated heterocycles. The van der Waals surface area contributed by atoms with Gasteiger partial charge in [-0.3, -0.25) is 9.69 Å². The summed E-state index contributed by atoms with van der Waals surface area (Å²) in [4.78, 5) is 14.2. The second kappa shape index (κ2) is 8.69. The molecule has 26 heavy (non-hydrogen) atoms. The molecule has 0 amide bonds. The van der Waals surface area contributed by atoms with Crippen molar-refractivity contribution in [2.24, 2.45) is 0 Å². The average Bonchev–Trinajstić information content (AvgIpc) is 3.15. The molecule has 0 spiro atoms. The lowest BCUT2D eigenvalue weighted by Crippen LogP contribution is -2.42. The zero-order valence-electron chi connectivity index (χ0n) is 15.4. The highest BCUT2D eigenvalue weighted by Crippen LogP contribution is 2.21. The van der Waals surface area contributed by atoms with Crippen molar-refractivity contribution < 1.29 is 9.53 Å². The third kappa shape index (κ3) is 4.33. The van der Waals surface area contributed by atoms with Crippen LogP contribution >= 0.6 is 0 Å². The molecule has 2 aromatic rings. The highest BCUT2D eigenvalue weighted by atomic mass is 16.5. The zero-order valence-corrected chi connectivity index (χ0v) is 15.4. The van der Waals surface area contributed by atoms with E-state index in [-0.39, 0.29) is 18.1 Å². The fourth-order valence-electron chi connectivity index (χ4n) is 3.35. The monoisotopic (exact) mass is 347 g/mol. The second-order valence-electron chi connectivity index (χ2n) is 6.54. The van der Waals surface area contributed by atoms with E-state index in [4.69, 9.17) is 4.74 Å². The Balaban J connectivity index is 1.69. The first-order chi connectivity index (χ1) is 12.7. The van der Waals surface area contributed by atoms with Gasteiger partial charge >= 0.3 is 5.97 Å². The van der Waals surface area contributed by atoms with Crippen molar-refractivity contribution in [1.29, 1.82) is 0 Å². The molecule has 0 saturated carbocycles. The summed E-state index contributed by atoms with van der Waals surface area (Å²) in [5, 5.41) is 0. The van der Waals surface area contributed by atoms with Gasteiger partial charge in [0.1, 0.15) is 6.04 Å². The molecule has 2 atom stereocenters. The number of likely N-dealkylation sites (tertiary alicyclic amines) is 1. The molecule has 0 aliphatic carbocycles. The first kappa shape index (κ1) is 18.2. The number of nitrogens with zero attached hydrogens (tertiary/aromatic N) is 1. The van der Waals surface area contributed by atoms with Crippen LogP contribution in [-0.4, -0.2) is 36.1 Å². The van der Waals surface area contributed by atoms with Crippen molar-refractivity contribution in [3.63, 3.8) is 0 Å². The van der Waals surface area contributed by atoms with Gasteiger partial charge in [0.25, 0.3) is 0 Å². The largest absolute Gasteiger partial charge is 0.465 e. The minimum Gasteiger partial charge on any atom is -0.465 e. The fraction of sp³-hybridized carbons (Fsp3) is 0.348. The molecular weight excluding hydrogens is 322 g/mol. The van der Waals surface area contributed by atoms with Crippen LogP contribution in [0.15, 0.2) is 54.6 Å². The Morgan fingerprint density at radius 3 is 2.54 bits per heavy atom. The van der Waals surface area contributed by atoms with Crippen molar-refractivity contribution >= 4 is 5.97 Å². The van der Waals surface area contributed by atoms with E-state index in [0.29, 0.717) is 6.61 Å². The zero-order chi connectivity index (χ0) is 18.4. The van der Waals surface area contributed by atoms with E-state index in [2.05, 4.69) is 53.1 Å². The van der Waals surface area contributed by atoms with Crippen LogP contribution < -0.4 is 0 Å². The van der Waals surface area contributed by atoms with E-state index in [1.165, 1.54) is 11.1 Å². The van der Waals surface area contributed by atoms with E-state index >= 15 is 0 Å². The Bertz CT molecular complexity index is 786. The molecule has 0 aromatic heterocycles. The first-order valence-electron chi connectivity index (χ1n) is 9.28. The molecule has 1 aliphatic heterocycles. The van der Waals surface area contributed by atoms with Crippen LogP contribution in [0.25, 0.3) is 11.1 Å². The predicted molar refractivity (Wildman–Crippen MR) is 105 cm³/mol. The summed E-state index contributed by atoms with van der Waals surface area (Å²) in [6.07, 6.45) is 2.06. The van der Waals surface area contributed by atoms with E-state index in [9.17, 15) is 4.79 Å². The molecule has 0 N–H and O–H groups in total. The summed E-state index contributed by atoms with van der Waals surface area (Å²) in [5.41, 5.74) is 3.40. The first-order valence-corrected chi connectivity index (χ1v) is 9.28. The molecule has 2 unspecified atom stereocenters. The summed E-state index contributed by atoms with van der Waals surface area (Å²) < 4.78 is 5.15. The lowest BCUT2D eigenvalue weighted by Gasteiger charge is -2.25. The molecule has 1 heterocycles. The topological polar surface area (TPSA) is 29.5 Å². The molecule has 1 fully saturated rings.